The Bertz CT molecular complexity index is 473. The third kappa shape index (κ3) is 3.08. The third-order valence-corrected chi connectivity index (χ3v) is 3.21. The van der Waals surface area contributed by atoms with E-state index in [4.69, 9.17) is 0 Å². The first-order valence-electron chi connectivity index (χ1n) is 4.67. The van der Waals surface area contributed by atoms with E-state index in [1.165, 1.54) is 15.3 Å². The van der Waals surface area contributed by atoms with Crippen LogP contribution in [0, 0.1) is 3.57 Å². The molecule has 0 unspecified atom stereocenters. The molecule has 0 aliphatic carbocycles. The van der Waals surface area contributed by atoms with Crippen LogP contribution in [0.4, 0.5) is 11.5 Å². The maximum absolute atomic E-state index is 4.35. The van der Waals surface area contributed by atoms with Crippen LogP contribution in [0.5, 0.6) is 0 Å². The van der Waals surface area contributed by atoms with Crippen LogP contribution in [-0.4, -0.2) is 16.2 Å². The number of nitrogens with one attached hydrogen (secondary N) is 1. The fourth-order valence-electron chi connectivity index (χ4n) is 1.19. The lowest BCUT2D eigenvalue weighted by Crippen LogP contribution is -1.95. The van der Waals surface area contributed by atoms with Crippen LogP contribution in [0.3, 0.4) is 0 Å². The molecular weight excluding hydrogens is 333 g/mol. The van der Waals surface area contributed by atoms with Gasteiger partial charge in [0.1, 0.15) is 5.82 Å². The first-order valence-corrected chi connectivity index (χ1v) is 6.98. The van der Waals surface area contributed by atoms with E-state index in [0.29, 0.717) is 0 Å². The Labute approximate surface area is 112 Å². The summed E-state index contributed by atoms with van der Waals surface area (Å²) >= 11 is 3.81. The summed E-state index contributed by atoms with van der Waals surface area (Å²) in [7, 11) is 0. The van der Waals surface area contributed by atoms with E-state index in [9.17, 15) is 0 Å². The van der Waals surface area contributed by atoms with E-state index in [-0.39, 0.29) is 0 Å². The third-order valence-electron chi connectivity index (χ3n) is 1.93. The van der Waals surface area contributed by atoms with Gasteiger partial charge in [0.15, 0.2) is 5.16 Å². The van der Waals surface area contributed by atoms with Crippen LogP contribution < -0.4 is 5.32 Å². The second-order valence-electron chi connectivity index (χ2n) is 3.06. The van der Waals surface area contributed by atoms with Gasteiger partial charge >= 0.3 is 0 Å². The lowest BCUT2D eigenvalue weighted by Gasteiger charge is -2.05. The van der Waals surface area contributed by atoms with E-state index in [1.807, 2.05) is 24.5 Å². The summed E-state index contributed by atoms with van der Waals surface area (Å²) in [6.07, 6.45) is 3.72. The number of hydrogen-bond acceptors (Lipinski definition) is 4. The lowest BCUT2D eigenvalue weighted by atomic mass is 10.3. The number of nitrogens with zero attached hydrogens (tertiary/aromatic N) is 2. The molecule has 3 nitrogen and oxygen atoms in total. The molecule has 0 radical (unpaired) electrons. The average Bonchev–Trinajstić information content (AvgIpc) is 2.32. The number of anilines is 2. The van der Waals surface area contributed by atoms with Gasteiger partial charge in [-0.25, -0.2) is 9.97 Å². The van der Waals surface area contributed by atoms with Gasteiger partial charge in [0.05, 0.1) is 0 Å². The minimum atomic E-state index is 0.774. The average molecular weight is 343 g/mol. The second kappa shape index (κ2) is 5.49. The highest BCUT2D eigenvalue weighted by Crippen LogP contribution is 2.17. The molecule has 0 saturated carbocycles. The predicted octanol–water partition coefficient (Wildman–Crippen LogP) is 3.55. The summed E-state index contributed by atoms with van der Waals surface area (Å²) in [5.74, 6) is 0.820. The zero-order valence-electron chi connectivity index (χ0n) is 8.64. The summed E-state index contributed by atoms with van der Waals surface area (Å²) < 4.78 is 1.22. The first kappa shape index (κ1) is 11.7. The zero-order chi connectivity index (χ0) is 11.4. The van der Waals surface area contributed by atoms with E-state index in [2.05, 4.69) is 50.0 Å². The quantitative estimate of drug-likeness (QED) is 0.526. The molecule has 16 heavy (non-hydrogen) atoms. The van der Waals surface area contributed by atoms with Crippen LogP contribution in [0.25, 0.3) is 0 Å². The molecule has 0 atom stereocenters. The van der Waals surface area contributed by atoms with Crippen molar-refractivity contribution in [2.75, 3.05) is 11.6 Å². The first-order chi connectivity index (χ1) is 7.78. The number of rotatable bonds is 3. The Morgan fingerprint density at radius 3 is 2.62 bits per heavy atom. The maximum atomic E-state index is 4.35. The highest BCUT2D eigenvalue weighted by molar-refractivity contribution is 14.1. The van der Waals surface area contributed by atoms with Crippen molar-refractivity contribution in [3.63, 3.8) is 0 Å². The van der Waals surface area contributed by atoms with Crippen molar-refractivity contribution >= 4 is 45.9 Å². The van der Waals surface area contributed by atoms with Gasteiger partial charge < -0.3 is 5.32 Å². The highest BCUT2D eigenvalue weighted by Gasteiger charge is 1.98. The Kier molecular flexibility index (Phi) is 4.00. The molecule has 0 aliphatic rings. The largest absolute Gasteiger partial charge is 0.340 e. The van der Waals surface area contributed by atoms with E-state index < -0.39 is 0 Å². The minimum Gasteiger partial charge on any atom is -0.340 e. The van der Waals surface area contributed by atoms with Crippen LogP contribution in [0.15, 0.2) is 41.7 Å². The monoisotopic (exact) mass is 343 g/mol. The normalized spacial score (nSPS) is 10.1. The Hall–Kier alpha value is -0.820. The lowest BCUT2D eigenvalue weighted by molar-refractivity contribution is 0.975. The van der Waals surface area contributed by atoms with Gasteiger partial charge in [-0.1, -0.05) is 11.8 Å². The van der Waals surface area contributed by atoms with Crippen molar-refractivity contribution < 1.29 is 0 Å². The highest BCUT2D eigenvalue weighted by atomic mass is 127. The summed E-state index contributed by atoms with van der Waals surface area (Å²) in [5, 5.41) is 4.01. The number of hydrogen-bond donors (Lipinski definition) is 1. The van der Waals surface area contributed by atoms with Crippen LogP contribution >= 0.6 is 34.4 Å². The molecular formula is C11H10IN3S. The number of halogens is 1. The van der Waals surface area contributed by atoms with Crippen molar-refractivity contribution in [1.29, 1.82) is 0 Å². The molecule has 2 aromatic rings. The van der Waals surface area contributed by atoms with Gasteiger partial charge in [0.25, 0.3) is 0 Å². The molecule has 1 heterocycles. The van der Waals surface area contributed by atoms with Gasteiger partial charge in [0.2, 0.25) is 0 Å². The molecule has 0 spiro atoms. The van der Waals surface area contributed by atoms with Gasteiger partial charge in [-0.05, 0) is 59.2 Å². The summed E-state index contributed by atoms with van der Waals surface area (Å²) in [4.78, 5) is 8.47. The van der Waals surface area contributed by atoms with Crippen LogP contribution in [-0.2, 0) is 0 Å². The zero-order valence-corrected chi connectivity index (χ0v) is 11.6. The summed E-state index contributed by atoms with van der Waals surface area (Å²) in [5.41, 5.74) is 1.03. The summed E-state index contributed by atoms with van der Waals surface area (Å²) in [6, 6.07) is 10.0. The maximum Gasteiger partial charge on any atom is 0.189 e. The van der Waals surface area contributed by atoms with Crippen molar-refractivity contribution in [3.05, 3.63) is 40.1 Å². The molecule has 0 amide bonds. The fourth-order valence-corrected chi connectivity index (χ4v) is 1.91. The van der Waals surface area contributed by atoms with Gasteiger partial charge in [-0.15, -0.1) is 0 Å². The number of thioether (sulfide) groups is 1. The molecule has 0 saturated heterocycles. The summed E-state index contributed by atoms with van der Waals surface area (Å²) in [6.45, 7) is 0. The molecule has 5 heteroatoms. The van der Waals surface area contributed by atoms with Crippen molar-refractivity contribution in [3.8, 4) is 0 Å². The Morgan fingerprint density at radius 2 is 1.94 bits per heavy atom. The van der Waals surface area contributed by atoms with Crippen molar-refractivity contribution in [2.45, 2.75) is 5.16 Å². The predicted molar refractivity (Wildman–Crippen MR) is 76.3 cm³/mol. The van der Waals surface area contributed by atoms with E-state index >= 15 is 0 Å². The topological polar surface area (TPSA) is 37.8 Å². The van der Waals surface area contributed by atoms with E-state index in [1.54, 1.807) is 6.20 Å². The van der Waals surface area contributed by atoms with Gasteiger partial charge in [-0.3, -0.25) is 0 Å². The molecule has 0 fully saturated rings. The molecule has 1 aromatic carbocycles. The smallest absolute Gasteiger partial charge is 0.189 e. The molecule has 2 rings (SSSR count). The Balaban J connectivity index is 2.16. The van der Waals surface area contributed by atoms with Crippen molar-refractivity contribution in [1.82, 2.24) is 9.97 Å². The Morgan fingerprint density at radius 1 is 1.19 bits per heavy atom. The number of aromatic nitrogens is 2. The molecule has 1 N–H and O–H groups in total. The molecule has 82 valence electrons. The van der Waals surface area contributed by atoms with Gasteiger partial charge in [0, 0.05) is 15.5 Å². The SMILES string of the molecule is CSc1nccc(Nc2ccc(I)cc2)n1. The molecule has 0 aliphatic heterocycles. The van der Waals surface area contributed by atoms with Crippen LogP contribution in [0.1, 0.15) is 0 Å². The van der Waals surface area contributed by atoms with E-state index in [0.717, 1.165) is 16.7 Å². The van der Waals surface area contributed by atoms with Gasteiger partial charge in [-0.2, -0.15) is 0 Å². The minimum absolute atomic E-state index is 0.774. The molecule has 1 aromatic heterocycles. The van der Waals surface area contributed by atoms with Crippen LogP contribution in [0.2, 0.25) is 0 Å². The fraction of sp³-hybridized carbons (Fsp3) is 0.0909. The molecule has 0 bridgehead atoms. The second-order valence-corrected chi connectivity index (χ2v) is 5.08. The van der Waals surface area contributed by atoms with Crippen molar-refractivity contribution in [2.24, 2.45) is 0 Å². The standard InChI is InChI=1S/C11H10IN3S/c1-16-11-13-7-6-10(15-11)14-9-4-2-8(12)3-5-9/h2-7H,1H3,(H,13,14,15). The number of benzene rings is 1.